The number of carbonyl (C=O) groups is 1. The monoisotopic (exact) mass is 562 g/mol. The molecule has 0 saturated carbocycles. The van der Waals surface area contributed by atoms with E-state index in [9.17, 15) is 21.6 Å². The van der Waals surface area contributed by atoms with Crippen molar-refractivity contribution >= 4 is 15.8 Å². The Hall–Kier alpha value is -3.11. The molecule has 2 heterocycles. The molecule has 0 spiro atoms. The molecule has 1 saturated heterocycles. The van der Waals surface area contributed by atoms with E-state index in [1.165, 1.54) is 42.6 Å². The highest BCUT2D eigenvalue weighted by Crippen LogP contribution is 2.39. The van der Waals surface area contributed by atoms with Crippen LogP contribution in [0.2, 0.25) is 0 Å². The van der Waals surface area contributed by atoms with Crippen LogP contribution in [0, 0.1) is 0 Å². The molecule has 2 unspecified atom stereocenters. The summed E-state index contributed by atoms with van der Waals surface area (Å²) >= 11 is 0. The van der Waals surface area contributed by atoms with E-state index in [2.05, 4.69) is 53.4 Å². The minimum atomic E-state index is -5.08. The molecule has 1 aliphatic carbocycles. The highest BCUT2D eigenvalue weighted by molar-refractivity contribution is 7.91. The van der Waals surface area contributed by atoms with Gasteiger partial charge in [0.2, 0.25) is 0 Å². The topological polar surface area (TPSA) is 79.6 Å². The second kappa shape index (κ2) is 12.0. The summed E-state index contributed by atoms with van der Waals surface area (Å²) in [5.41, 5.74) is 5.39. The third kappa shape index (κ3) is 7.30. The highest BCUT2D eigenvalue weighted by Gasteiger charge is 2.38. The zero-order chi connectivity index (χ0) is 28.2. The lowest BCUT2D eigenvalue weighted by Gasteiger charge is -2.45. The van der Waals surface area contributed by atoms with Gasteiger partial charge in [0.15, 0.2) is 9.84 Å². The molecule has 1 aliphatic heterocycles. The Balaban J connectivity index is 0.000000448. The maximum Gasteiger partial charge on any atom is 0.490 e. The Morgan fingerprint density at radius 2 is 1.74 bits per heavy atom. The van der Waals surface area contributed by atoms with Gasteiger partial charge in [0.1, 0.15) is 0 Å². The van der Waals surface area contributed by atoms with E-state index in [4.69, 9.17) is 9.90 Å². The Kier molecular flexibility index (Phi) is 8.86. The van der Waals surface area contributed by atoms with Gasteiger partial charge in [0.25, 0.3) is 0 Å². The molecule has 0 radical (unpaired) electrons. The average molecular weight is 563 g/mol. The van der Waals surface area contributed by atoms with Crippen LogP contribution < -0.4 is 0 Å². The van der Waals surface area contributed by atoms with E-state index in [1.54, 1.807) is 23.0 Å². The zero-order valence-corrected chi connectivity index (χ0v) is 22.6. The molecular formula is C29H33F3N2O4S. The summed E-state index contributed by atoms with van der Waals surface area (Å²) in [7, 11) is -1.42. The number of benzene rings is 2. The SMILES string of the molecule is Cn1ccc(S(=O)(=O)CCc2ccc3c(c2)C(Cc2ccccc2)C(N2CCC2)CC3)c1.O=C(O)C(F)(F)F. The third-order valence-electron chi connectivity index (χ3n) is 7.51. The zero-order valence-electron chi connectivity index (χ0n) is 21.8. The highest BCUT2D eigenvalue weighted by atomic mass is 32.2. The fourth-order valence-electron chi connectivity index (χ4n) is 5.34. The van der Waals surface area contributed by atoms with Crippen molar-refractivity contribution < 1.29 is 31.5 Å². The number of aryl methyl sites for hydroxylation is 3. The van der Waals surface area contributed by atoms with Gasteiger partial charge in [0, 0.05) is 31.4 Å². The summed E-state index contributed by atoms with van der Waals surface area (Å²) in [6.45, 7) is 2.42. The van der Waals surface area contributed by atoms with E-state index >= 15 is 0 Å². The maximum absolute atomic E-state index is 12.8. The quantitative estimate of drug-likeness (QED) is 0.438. The van der Waals surface area contributed by atoms with Crippen molar-refractivity contribution in [3.8, 4) is 0 Å². The lowest BCUT2D eigenvalue weighted by molar-refractivity contribution is -0.192. The summed E-state index contributed by atoms with van der Waals surface area (Å²) < 4.78 is 59.1. The molecule has 5 rings (SSSR count). The van der Waals surface area contributed by atoms with Crippen molar-refractivity contribution in [2.45, 2.75) is 55.1 Å². The Labute approximate surface area is 227 Å². The Morgan fingerprint density at radius 1 is 1.05 bits per heavy atom. The number of sulfone groups is 1. The summed E-state index contributed by atoms with van der Waals surface area (Å²) in [6, 6.07) is 19.8. The first kappa shape index (κ1) is 28.9. The number of likely N-dealkylation sites (tertiary alicyclic amines) is 1. The number of hydrogen-bond acceptors (Lipinski definition) is 4. The van der Waals surface area contributed by atoms with E-state index < -0.39 is 22.0 Å². The molecular weight excluding hydrogens is 529 g/mol. The lowest BCUT2D eigenvalue weighted by Crippen LogP contribution is -2.49. The number of aliphatic carboxylic acids is 1. The molecule has 0 amide bonds. The molecule has 3 aromatic rings. The number of fused-ring (bicyclic) bond motifs is 1. The predicted octanol–water partition coefficient (Wildman–Crippen LogP) is 5.02. The molecule has 0 bridgehead atoms. The largest absolute Gasteiger partial charge is 0.490 e. The standard InChI is InChI=1S/C27H32N2O2S.C2HF3O2/c1-28-16-12-24(20-28)32(30,31)17-13-22-8-9-23-10-11-27(29-14-5-15-29)26(25(23)18-22)19-21-6-3-2-4-7-21;3-2(4,5)1(6)7/h2-4,6-9,12,16,18,20,26-27H,5,10-11,13-15,17,19H2,1H3;(H,6,7). The van der Waals surface area contributed by atoms with Crippen LogP contribution in [0.15, 0.2) is 71.9 Å². The lowest BCUT2D eigenvalue weighted by atomic mass is 9.74. The maximum atomic E-state index is 12.8. The molecule has 2 aliphatic rings. The normalized spacial score (nSPS) is 19.4. The number of nitrogens with zero attached hydrogens (tertiary/aromatic N) is 2. The molecule has 10 heteroatoms. The van der Waals surface area contributed by atoms with Crippen LogP contribution in [0.3, 0.4) is 0 Å². The number of carboxylic acids is 1. The molecule has 1 aromatic heterocycles. The minimum Gasteiger partial charge on any atom is -0.475 e. The van der Waals surface area contributed by atoms with Crippen molar-refractivity contribution in [2.24, 2.45) is 7.05 Å². The Morgan fingerprint density at radius 3 is 2.31 bits per heavy atom. The van der Waals surface area contributed by atoms with Crippen LogP contribution in [-0.2, 0) is 40.9 Å². The van der Waals surface area contributed by atoms with Gasteiger partial charge in [-0.05, 0) is 73.5 Å². The second-order valence-electron chi connectivity index (χ2n) is 10.2. The average Bonchev–Trinajstić information content (AvgIpc) is 3.31. The molecule has 1 fully saturated rings. The number of alkyl halides is 3. The number of aromatic nitrogens is 1. The predicted molar refractivity (Wildman–Crippen MR) is 142 cm³/mol. The smallest absolute Gasteiger partial charge is 0.475 e. The van der Waals surface area contributed by atoms with Crippen molar-refractivity contribution in [1.29, 1.82) is 0 Å². The van der Waals surface area contributed by atoms with Gasteiger partial charge in [-0.1, -0.05) is 48.5 Å². The third-order valence-corrected chi connectivity index (χ3v) is 9.21. The Bertz CT molecular complexity index is 1380. The molecule has 210 valence electrons. The molecule has 1 N–H and O–H groups in total. The summed E-state index contributed by atoms with van der Waals surface area (Å²) in [6.07, 6.45) is 3.62. The van der Waals surface area contributed by atoms with Gasteiger partial charge in [-0.2, -0.15) is 13.2 Å². The molecule has 6 nitrogen and oxygen atoms in total. The fourth-order valence-corrected chi connectivity index (χ4v) is 6.68. The van der Waals surface area contributed by atoms with Crippen LogP contribution in [0.5, 0.6) is 0 Å². The first-order valence-electron chi connectivity index (χ1n) is 13.0. The van der Waals surface area contributed by atoms with Gasteiger partial charge in [-0.25, -0.2) is 13.2 Å². The van der Waals surface area contributed by atoms with Crippen LogP contribution in [0.4, 0.5) is 13.2 Å². The van der Waals surface area contributed by atoms with Gasteiger partial charge >= 0.3 is 12.1 Å². The summed E-state index contributed by atoms with van der Waals surface area (Å²) in [5, 5.41) is 7.12. The first-order chi connectivity index (χ1) is 18.4. The second-order valence-corrected chi connectivity index (χ2v) is 12.3. The summed E-state index contributed by atoms with van der Waals surface area (Å²) in [4.78, 5) is 12.0. The van der Waals surface area contributed by atoms with E-state index in [1.807, 2.05) is 7.05 Å². The number of hydrogen-bond donors (Lipinski definition) is 1. The van der Waals surface area contributed by atoms with Gasteiger partial charge in [-0.15, -0.1) is 0 Å². The van der Waals surface area contributed by atoms with Crippen molar-refractivity contribution in [1.82, 2.24) is 9.47 Å². The molecule has 2 aromatic carbocycles. The van der Waals surface area contributed by atoms with Crippen molar-refractivity contribution in [3.63, 3.8) is 0 Å². The minimum absolute atomic E-state index is 0.148. The number of rotatable bonds is 7. The van der Waals surface area contributed by atoms with Crippen molar-refractivity contribution in [3.05, 3.63) is 89.2 Å². The molecule has 39 heavy (non-hydrogen) atoms. The van der Waals surface area contributed by atoms with Crippen LogP contribution >= 0.6 is 0 Å². The molecule has 2 atom stereocenters. The van der Waals surface area contributed by atoms with Gasteiger partial charge in [-0.3, -0.25) is 4.90 Å². The van der Waals surface area contributed by atoms with Gasteiger partial charge in [0.05, 0.1) is 10.6 Å². The fraction of sp³-hybridized carbons (Fsp3) is 0.414. The number of carboxylic acid groups (broad SMARTS) is 1. The summed E-state index contributed by atoms with van der Waals surface area (Å²) in [5.74, 6) is -2.14. The van der Waals surface area contributed by atoms with Crippen LogP contribution in [0.25, 0.3) is 0 Å². The van der Waals surface area contributed by atoms with E-state index in [0.29, 0.717) is 23.3 Å². The van der Waals surface area contributed by atoms with Crippen LogP contribution in [0.1, 0.15) is 41.0 Å². The van der Waals surface area contributed by atoms with Crippen molar-refractivity contribution in [2.75, 3.05) is 18.8 Å². The van der Waals surface area contributed by atoms with Crippen LogP contribution in [-0.4, -0.2) is 60.0 Å². The first-order valence-corrected chi connectivity index (χ1v) is 14.6. The number of halogens is 3. The van der Waals surface area contributed by atoms with E-state index in [0.717, 1.165) is 18.4 Å². The van der Waals surface area contributed by atoms with Gasteiger partial charge < -0.3 is 9.67 Å². The van der Waals surface area contributed by atoms with E-state index in [-0.39, 0.29) is 5.75 Å².